The maximum Gasteiger partial charge on any atom is 0.416 e. The molecule has 0 spiro atoms. The lowest BCUT2D eigenvalue weighted by Gasteiger charge is -2.14. The molecule has 0 aliphatic carbocycles. The van der Waals surface area contributed by atoms with E-state index in [9.17, 15) is 22.4 Å². The molecule has 1 amide bonds. The van der Waals surface area contributed by atoms with Crippen LogP contribution in [0.3, 0.4) is 0 Å². The van der Waals surface area contributed by atoms with E-state index in [1.165, 1.54) is 0 Å². The number of rotatable bonds is 6. The van der Waals surface area contributed by atoms with Gasteiger partial charge < -0.3 is 10.6 Å². The van der Waals surface area contributed by atoms with Crippen LogP contribution in [0.1, 0.15) is 25.0 Å². The second-order valence-corrected chi connectivity index (χ2v) is 4.92. The molecular weight excluding hydrogens is 288 g/mol. The summed E-state index contributed by atoms with van der Waals surface area (Å²) in [6.07, 6.45) is -4.59. The third kappa shape index (κ3) is 5.71. The zero-order valence-electron chi connectivity index (χ0n) is 11.9. The predicted octanol–water partition coefficient (Wildman–Crippen LogP) is 2.71. The van der Waals surface area contributed by atoms with Gasteiger partial charge in [-0.3, -0.25) is 4.79 Å². The van der Waals surface area contributed by atoms with Gasteiger partial charge in [-0.05, 0) is 17.7 Å². The van der Waals surface area contributed by atoms with Gasteiger partial charge in [0.05, 0.1) is 5.56 Å². The molecule has 0 aliphatic rings. The maximum atomic E-state index is 12.9. The van der Waals surface area contributed by atoms with E-state index in [-0.39, 0.29) is 23.9 Å². The Morgan fingerprint density at radius 2 is 1.90 bits per heavy atom. The molecule has 1 rings (SSSR count). The smallest absolute Gasteiger partial charge is 0.355 e. The first-order valence-corrected chi connectivity index (χ1v) is 6.56. The van der Waals surface area contributed by atoms with Crippen molar-refractivity contribution in [3.05, 3.63) is 35.1 Å². The minimum atomic E-state index is -4.59. The molecule has 0 saturated carbocycles. The number of carbonyl (C=O) groups is 1. The van der Waals surface area contributed by atoms with Crippen LogP contribution >= 0.6 is 0 Å². The molecule has 0 unspecified atom stereocenters. The lowest BCUT2D eigenvalue weighted by molar-refractivity contribution is -0.138. The molecule has 1 aromatic carbocycles. The van der Waals surface area contributed by atoms with Crippen molar-refractivity contribution in [3.8, 4) is 0 Å². The number of carbonyl (C=O) groups excluding carboxylic acids is 1. The largest absolute Gasteiger partial charge is 0.416 e. The lowest BCUT2D eigenvalue weighted by Crippen LogP contribution is -2.34. The molecule has 0 saturated heterocycles. The van der Waals surface area contributed by atoms with E-state index in [4.69, 9.17) is 0 Å². The van der Waals surface area contributed by atoms with Gasteiger partial charge in [-0.15, -0.1) is 0 Å². The Hall–Kier alpha value is -1.63. The fourth-order valence-corrected chi connectivity index (χ4v) is 1.67. The van der Waals surface area contributed by atoms with Crippen LogP contribution in [-0.4, -0.2) is 19.0 Å². The zero-order valence-corrected chi connectivity index (χ0v) is 11.9. The molecule has 0 bridgehead atoms. The van der Waals surface area contributed by atoms with E-state index in [1.54, 1.807) is 13.8 Å². The molecule has 0 heterocycles. The summed E-state index contributed by atoms with van der Waals surface area (Å²) in [4.78, 5) is 11.3. The van der Waals surface area contributed by atoms with Crippen molar-refractivity contribution < 1.29 is 22.4 Å². The number of nitrogens with one attached hydrogen (secondary N) is 2. The molecule has 21 heavy (non-hydrogen) atoms. The average Bonchev–Trinajstić information content (AvgIpc) is 2.38. The van der Waals surface area contributed by atoms with Crippen molar-refractivity contribution >= 4 is 5.91 Å². The van der Waals surface area contributed by atoms with Crippen LogP contribution in [0.2, 0.25) is 0 Å². The van der Waals surface area contributed by atoms with Crippen molar-refractivity contribution in [1.82, 2.24) is 10.6 Å². The Morgan fingerprint density at radius 3 is 2.48 bits per heavy atom. The summed E-state index contributed by atoms with van der Waals surface area (Å²) < 4.78 is 51.2. The van der Waals surface area contributed by atoms with E-state index in [0.717, 1.165) is 12.1 Å². The molecule has 1 aromatic rings. The van der Waals surface area contributed by atoms with Gasteiger partial charge in [0.1, 0.15) is 5.82 Å². The van der Waals surface area contributed by atoms with Crippen molar-refractivity contribution in [3.63, 3.8) is 0 Å². The van der Waals surface area contributed by atoms with Crippen molar-refractivity contribution in [1.29, 1.82) is 0 Å². The number of hydrogen-bond donors (Lipinski definition) is 2. The van der Waals surface area contributed by atoms with Crippen LogP contribution in [0.4, 0.5) is 17.6 Å². The lowest BCUT2D eigenvalue weighted by atomic mass is 10.1. The fourth-order valence-electron chi connectivity index (χ4n) is 1.67. The molecule has 3 nitrogen and oxygen atoms in total. The molecule has 118 valence electrons. The monoisotopic (exact) mass is 306 g/mol. The summed E-state index contributed by atoms with van der Waals surface area (Å²) in [6.45, 7) is 4.09. The van der Waals surface area contributed by atoms with E-state index >= 15 is 0 Å². The number of alkyl halides is 3. The Labute approximate surface area is 120 Å². The third-order valence-electron chi connectivity index (χ3n) is 2.82. The number of halogens is 4. The summed E-state index contributed by atoms with van der Waals surface area (Å²) in [5.74, 6) is -1.18. The van der Waals surface area contributed by atoms with Gasteiger partial charge in [-0.1, -0.05) is 19.9 Å². The molecule has 0 fully saturated rings. The molecule has 0 aliphatic heterocycles. The van der Waals surface area contributed by atoms with E-state index in [1.807, 2.05) is 0 Å². The summed E-state index contributed by atoms with van der Waals surface area (Å²) >= 11 is 0. The van der Waals surface area contributed by atoms with Crippen molar-refractivity contribution in [2.75, 3.05) is 13.1 Å². The predicted molar refractivity (Wildman–Crippen MR) is 71.0 cm³/mol. The SMILES string of the molecule is CC(C)C(=O)NCCNCc1ccc(F)cc1C(F)(F)F. The van der Waals surface area contributed by atoms with Crippen LogP contribution in [0.15, 0.2) is 18.2 Å². The van der Waals surface area contributed by atoms with Crippen LogP contribution in [-0.2, 0) is 17.5 Å². The van der Waals surface area contributed by atoms with Crippen LogP contribution in [0.5, 0.6) is 0 Å². The van der Waals surface area contributed by atoms with E-state index in [0.29, 0.717) is 19.2 Å². The molecule has 0 radical (unpaired) electrons. The summed E-state index contributed by atoms with van der Waals surface area (Å²) in [6, 6.07) is 2.59. The van der Waals surface area contributed by atoms with Crippen LogP contribution in [0.25, 0.3) is 0 Å². The second kappa shape index (κ2) is 7.40. The van der Waals surface area contributed by atoms with E-state index in [2.05, 4.69) is 10.6 Å². The average molecular weight is 306 g/mol. The second-order valence-electron chi connectivity index (χ2n) is 4.92. The molecule has 2 N–H and O–H groups in total. The quantitative estimate of drug-likeness (QED) is 0.627. The first-order chi connectivity index (χ1) is 9.71. The van der Waals surface area contributed by atoms with Gasteiger partial charge in [-0.25, -0.2) is 4.39 Å². The minimum Gasteiger partial charge on any atom is -0.355 e. The molecule has 7 heteroatoms. The van der Waals surface area contributed by atoms with Gasteiger partial charge in [0.2, 0.25) is 5.91 Å². The number of amides is 1. The highest BCUT2D eigenvalue weighted by molar-refractivity contribution is 5.77. The van der Waals surface area contributed by atoms with Gasteiger partial charge >= 0.3 is 6.18 Å². The Kier molecular flexibility index (Phi) is 6.14. The van der Waals surface area contributed by atoms with Crippen molar-refractivity contribution in [2.24, 2.45) is 5.92 Å². The molecular formula is C14H18F4N2O. The number of benzene rings is 1. The molecule has 0 aromatic heterocycles. The standard InChI is InChI=1S/C14H18F4N2O/c1-9(2)13(21)20-6-5-19-8-10-3-4-11(15)7-12(10)14(16,17)18/h3-4,7,9,19H,5-6,8H2,1-2H3,(H,20,21). The van der Waals surface area contributed by atoms with Crippen molar-refractivity contribution in [2.45, 2.75) is 26.6 Å². The van der Waals surface area contributed by atoms with Crippen LogP contribution in [0, 0.1) is 11.7 Å². The first kappa shape index (κ1) is 17.4. The topological polar surface area (TPSA) is 41.1 Å². The van der Waals surface area contributed by atoms with Gasteiger partial charge in [-0.2, -0.15) is 13.2 Å². The van der Waals surface area contributed by atoms with Gasteiger partial charge in [0, 0.05) is 25.6 Å². The summed E-state index contributed by atoms with van der Waals surface area (Å²) in [7, 11) is 0. The highest BCUT2D eigenvalue weighted by atomic mass is 19.4. The number of hydrogen-bond acceptors (Lipinski definition) is 2. The summed E-state index contributed by atoms with van der Waals surface area (Å²) in [5, 5.41) is 5.43. The van der Waals surface area contributed by atoms with Crippen LogP contribution < -0.4 is 10.6 Å². The maximum absolute atomic E-state index is 12.9. The van der Waals surface area contributed by atoms with Gasteiger partial charge in [0.15, 0.2) is 0 Å². The van der Waals surface area contributed by atoms with E-state index < -0.39 is 17.6 Å². The molecule has 0 atom stereocenters. The highest BCUT2D eigenvalue weighted by Gasteiger charge is 2.33. The third-order valence-corrected chi connectivity index (χ3v) is 2.82. The first-order valence-electron chi connectivity index (χ1n) is 6.56. The Morgan fingerprint density at radius 1 is 1.24 bits per heavy atom. The Balaban J connectivity index is 2.51. The normalized spacial score (nSPS) is 11.8. The highest BCUT2D eigenvalue weighted by Crippen LogP contribution is 2.32. The fraction of sp³-hybridized carbons (Fsp3) is 0.500. The zero-order chi connectivity index (χ0) is 16.0. The van der Waals surface area contributed by atoms with Gasteiger partial charge in [0.25, 0.3) is 0 Å². The Bertz CT molecular complexity index is 486. The summed E-state index contributed by atoms with van der Waals surface area (Å²) in [5.41, 5.74) is -1.01. The minimum absolute atomic E-state index is 0.0286.